The van der Waals surface area contributed by atoms with Gasteiger partial charge in [0.1, 0.15) is 0 Å². The molecule has 2 aromatic rings. The third-order valence-corrected chi connectivity index (χ3v) is 8.28. The number of piperidine rings is 3. The number of carbonyl (C=O) groups is 1. The lowest BCUT2D eigenvalue weighted by atomic mass is 9.68. The van der Waals surface area contributed by atoms with E-state index in [1.807, 2.05) is 18.2 Å². The lowest BCUT2D eigenvalue weighted by molar-refractivity contribution is -0.136. The largest absolute Gasteiger partial charge is 0.336 e. The number of hydrogen-bond donors (Lipinski definition) is 0. The summed E-state index contributed by atoms with van der Waals surface area (Å²) in [6.45, 7) is 3.59. The predicted octanol–water partition coefficient (Wildman–Crippen LogP) is 3.21. The predicted molar refractivity (Wildman–Crippen MR) is 124 cm³/mol. The molecule has 3 saturated heterocycles. The Balaban J connectivity index is 1.20. The van der Waals surface area contributed by atoms with Crippen molar-refractivity contribution in [2.24, 2.45) is 11.8 Å². The molecular formula is C26H32N4O2. The smallest absolute Gasteiger partial charge is 0.261 e. The van der Waals surface area contributed by atoms with Crippen molar-refractivity contribution in [3.05, 3.63) is 52.6 Å². The standard InChI is InChI=1S/C26H32N4O2/c31-24(10-13-29-17-27-22-8-2-1-7-21(22)26(29)32)30-12-5-6-18-14-19-15-20(25(18)30)16-28-11-4-3-9-23(19)28/h1-2,7-8,14,17,19-20,23,25H,3-6,9-13,15-16H2. The Hall–Kier alpha value is -2.47. The molecule has 4 aliphatic rings. The van der Waals surface area contributed by atoms with E-state index in [2.05, 4.69) is 20.9 Å². The van der Waals surface area contributed by atoms with Crippen LogP contribution in [0.15, 0.2) is 47.0 Å². The number of fused-ring (bicyclic) bond motifs is 7. The monoisotopic (exact) mass is 432 g/mol. The minimum absolute atomic E-state index is 0.0634. The van der Waals surface area contributed by atoms with Gasteiger partial charge in [-0.3, -0.25) is 19.1 Å². The Labute approximate surface area is 188 Å². The molecule has 168 valence electrons. The molecule has 1 amide bonds. The topological polar surface area (TPSA) is 58.4 Å². The molecule has 32 heavy (non-hydrogen) atoms. The van der Waals surface area contributed by atoms with Gasteiger partial charge in [0, 0.05) is 32.1 Å². The first-order valence-corrected chi connectivity index (χ1v) is 12.4. The summed E-state index contributed by atoms with van der Waals surface area (Å²) in [6.07, 6.45) is 11.9. The van der Waals surface area contributed by atoms with Gasteiger partial charge in [-0.05, 0) is 62.6 Å². The van der Waals surface area contributed by atoms with Crippen molar-refractivity contribution in [3.63, 3.8) is 0 Å². The van der Waals surface area contributed by atoms with Crippen molar-refractivity contribution in [2.75, 3.05) is 19.6 Å². The highest BCUT2D eigenvalue weighted by Gasteiger charge is 2.46. The number of rotatable bonds is 3. The molecular weight excluding hydrogens is 400 g/mol. The molecule has 6 heteroatoms. The van der Waals surface area contributed by atoms with Crippen LogP contribution in [0.2, 0.25) is 0 Å². The van der Waals surface area contributed by atoms with Crippen molar-refractivity contribution in [1.82, 2.24) is 19.4 Å². The van der Waals surface area contributed by atoms with E-state index in [9.17, 15) is 9.59 Å². The van der Waals surface area contributed by atoms with E-state index in [1.54, 1.807) is 17.0 Å². The van der Waals surface area contributed by atoms with E-state index in [0.717, 1.165) is 32.0 Å². The maximum atomic E-state index is 13.4. The summed E-state index contributed by atoms with van der Waals surface area (Å²) in [4.78, 5) is 35.5. The van der Waals surface area contributed by atoms with E-state index >= 15 is 0 Å². The molecule has 4 atom stereocenters. The molecule has 3 fully saturated rings. The molecule has 2 bridgehead atoms. The highest BCUT2D eigenvalue weighted by molar-refractivity contribution is 5.78. The van der Waals surface area contributed by atoms with Crippen molar-refractivity contribution in [1.29, 1.82) is 0 Å². The van der Waals surface area contributed by atoms with E-state index in [4.69, 9.17) is 0 Å². The fourth-order valence-electron chi connectivity index (χ4n) is 6.88. The summed E-state index contributed by atoms with van der Waals surface area (Å²) in [7, 11) is 0. The van der Waals surface area contributed by atoms with Gasteiger partial charge in [-0.15, -0.1) is 0 Å². The molecule has 3 aliphatic heterocycles. The lowest BCUT2D eigenvalue weighted by Gasteiger charge is -2.54. The number of benzene rings is 1. The van der Waals surface area contributed by atoms with E-state index in [-0.39, 0.29) is 17.5 Å². The first-order valence-electron chi connectivity index (χ1n) is 12.4. The normalized spacial score (nSPS) is 29.9. The lowest BCUT2D eigenvalue weighted by Crippen LogP contribution is -2.60. The average Bonchev–Trinajstić information content (AvgIpc) is 2.83. The van der Waals surface area contributed by atoms with E-state index in [0.29, 0.717) is 35.7 Å². The quantitative estimate of drug-likeness (QED) is 0.699. The third-order valence-electron chi connectivity index (χ3n) is 8.28. The number of aryl methyl sites for hydroxylation is 1. The van der Waals surface area contributed by atoms with E-state index < -0.39 is 0 Å². The molecule has 0 saturated carbocycles. The van der Waals surface area contributed by atoms with Crippen LogP contribution in [0.25, 0.3) is 10.9 Å². The first kappa shape index (κ1) is 20.2. The van der Waals surface area contributed by atoms with E-state index in [1.165, 1.54) is 37.8 Å². The van der Waals surface area contributed by atoms with Gasteiger partial charge in [0.15, 0.2) is 0 Å². The Morgan fingerprint density at radius 1 is 1.12 bits per heavy atom. The van der Waals surface area contributed by atoms with Gasteiger partial charge in [-0.25, -0.2) is 4.98 Å². The molecule has 0 N–H and O–H groups in total. The number of amides is 1. The molecule has 1 aliphatic carbocycles. The zero-order chi connectivity index (χ0) is 21.7. The van der Waals surface area contributed by atoms with Gasteiger partial charge < -0.3 is 4.90 Å². The van der Waals surface area contributed by atoms with Gasteiger partial charge in [-0.1, -0.05) is 30.2 Å². The summed E-state index contributed by atoms with van der Waals surface area (Å²) in [5.41, 5.74) is 2.16. The Bertz CT molecular complexity index is 1120. The zero-order valence-electron chi connectivity index (χ0n) is 18.7. The molecule has 0 spiro atoms. The number of para-hydroxylation sites is 1. The summed E-state index contributed by atoms with van der Waals surface area (Å²) in [5, 5.41) is 0.613. The van der Waals surface area contributed by atoms with Gasteiger partial charge >= 0.3 is 0 Å². The van der Waals surface area contributed by atoms with Gasteiger partial charge in [-0.2, -0.15) is 0 Å². The van der Waals surface area contributed by atoms with Crippen LogP contribution < -0.4 is 5.56 Å². The average molecular weight is 433 g/mol. The second kappa shape index (κ2) is 8.14. The van der Waals surface area contributed by atoms with Crippen LogP contribution in [-0.4, -0.2) is 57.0 Å². The van der Waals surface area contributed by atoms with Crippen LogP contribution in [0.3, 0.4) is 0 Å². The Morgan fingerprint density at radius 3 is 2.97 bits per heavy atom. The maximum Gasteiger partial charge on any atom is 0.261 e. The number of aromatic nitrogens is 2. The minimum atomic E-state index is -0.0634. The zero-order valence-corrected chi connectivity index (χ0v) is 18.7. The molecule has 1 aromatic heterocycles. The molecule has 6 nitrogen and oxygen atoms in total. The highest BCUT2D eigenvalue weighted by atomic mass is 16.2. The highest BCUT2D eigenvalue weighted by Crippen LogP contribution is 2.45. The first-order chi connectivity index (χ1) is 15.7. The third kappa shape index (κ3) is 3.40. The van der Waals surface area contributed by atoms with Crippen molar-refractivity contribution < 1.29 is 4.79 Å². The fraction of sp³-hybridized carbons (Fsp3) is 0.577. The number of nitrogens with zero attached hydrogens (tertiary/aromatic N) is 4. The van der Waals surface area contributed by atoms with Gasteiger partial charge in [0.2, 0.25) is 5.91 Å². The number of hydrogen-bond acceptors (Lipinski definition) is 4. The molecule has 4 heterocycles. The van der Waals surface area contributed by atoms with Gasteiger partial charge in [0.05, 0.1) is 23.3 Å². The van der Waals surface area contributed by atoms with Crippen LogP contribution in [0.4, 0.5) is 0 Å². The van der Waals surface area contributed by atoms with Crippen LogP contribution in [0.1, 0.15) is 44.9 Å². The second-order valence-corrected chi connectivity index (χ2v) is 10.1. The summed E-state index contributed by atoms with van der Waals surface area (Å²) in [5.74, 6) is 1.42. The summed E-state index contributed by atoms with van der Waals surface area (Å²) >= 11 is 0. The van der Waals surface area contributed by atoms with Gasteiger partial charge in [0.25, 0.3) is 5.56 Å². The molecule has 0 radical (unpaired) electrons. The molecule has 4 unspecified atom stereocenters. The number of likely N-dealkylation sites (tertiary alicyclic amines) is 1. The number of carbonyl (C=O) groups excluding carboxylic acids is 1. The summed E-state index contributed by atoms with van der Waals surface area (Å²) < 4.78 is 1.59. The molecule has 1 aromatic carbocycles. The fourth-order valence-corrected chi connectivity index (χ4v) is 6.88. The van der Waals surface area contributed by atoms with Crippen molar-refractivity contribution in [3.8, 4) is 0 Å². The Morgan fingerprint density at radius 2 is 2.03 bits per heavy atom. The van der Waals surface area contributed by atoms with Crippen LogP contribution >= 0.6 is 0 Å². The van der Waals surface area contributed by atoms with Crippen LogP contribution in [0.5, 0.6) is 0 Å². The van der Waals surface area contributed by atoms with Crippen LogP contribution in [-0.2, 0) is 11.3 Å². The van der Waals surface area contributed by atoms with Crippen LogP contribution in [0, 0.1) is 11.8 Å². The Kier molecular flexibility index (Phi) is 5.13. The van der Waals surface area contributed by atoms with Crippen molar-refractivity contribution in [2.45, 2.75) is 63.6 Å². The SMILES string of the molecule is O=C(CCn1cnc2ccccc2c1=O)N1CCCC2=CC3CC(CN4CCCCC34)C21. The summed E-state index contributed by atoms with van der Waals surface area (Å²) in [6, 6.07) is 8.39. The maximum absolute atomic E-state index is 13.4. The minimum Gasteiger partial charge on any atom is -0.336 e. The second-order valence-electron chi connectivity index (χ2n) is 10.1. The van der Waals surface area contributed by atoms with Crippen molar-refractivity contribution >= 4 is 16.8 Å². The molecule has 6 rings (SSSR count).